The summed E-state index contributed by atoms with van der Waals surface area (Å²) >= 11 is 0. The molecule has 2 saturated heterocycles. The molecule has 2 N–H and O–H groups in total. The van der Waals surface area contributed by atoms with Crippen LogP contribution in [0.15, 0.2) is 0 Å². The average Bonchev–Trinajstić information content (AvgIpc) is 2.55. The molecule has 1 unspecified atom stereocenters. The number of aliphatic hydroxyl groups is 1. The molecule has 2 fully saturated rings. The standard InChI is InChI=1S/C7H14N2O2/c10-7-9(3-4-11-7)6-1-2-8-5-6/h6-8,10H,1-5H2/t6-,7?/m0/s1. The molecule has 2 atom stereocenters. The first-order chi connectivity index (χ1) is 5.38. The fourth-order valence-corrected chi connectivity index (χ4v) is 1.76. The van der Waals surface area contributed by atoms with Crippen LogP contribution in [0.2, 0.25) is 0 Å². The second-order valence-corrected chi connectivity index (χ2v) is 3.08. The number of aliphatic hydroxyl groups excluding tert-OH is 1. The van der Waals surface area contributed by atoms with Gasteiger partial charge in [-0.25, -0.2) is 4.90 Å². The summed E-state index contributed by atoms with van der Waals surface area (Å²) in [6, 6.07) is 0.479. The Morgan fingerprint density at radius 3 is 3.00 bits per heavy atom. The van der Waals surface area contributed by atoms with E-state index in [9.17, 15) is 5.11 Å². The van der Waals surface area contributed by atoms with Crippen LogP contribution in [0, 0.1) is 0 Å². The smallest absolute Gasteiger partial charge is 0.216 e. The third-order valence-corrected chi connectivity index (χ3v) is 2.40. The monoisotopic (exact) mass is 158 g/mol. The fourth-order valence-electron chi connectivity index (χ4n) is 1.76. The van der Waals surface area contributed by atoms with E-state index in [0.29, 0.717) is 12.6 Å². The van der Waals surface area contributed by atoms with Gasteiger partial charge in [-0.3, -0.25) is 0 Å². The Balaban J connectivity index is 1.92. The van der Waals surface area contributed by atoms with Crippen molar-refractivity contribution in [2.75, 3.05) is 26.2 Å². The highest BCUT2D eigenvalue weighted by molar-refractivity contribution is 4.81. The summed E-state index contributed by atoms with van der Waals surface area (Å²) in [5.41, 5.74) is 0. The van der Waals surface area contributed by atoms with E-state index in [1.54, 1.807) is 0 Å². The zero-order valence-corrected chi connectivity index (χ0v) is 6.49. The average molecular weight is 158 g/mol. The maximum Gasteiger partial charge on any atom is 0.216 e. The van der Waals surface area contributed by atoms with Crippen LogP contribution in [-0.2, 0) is 4.74 Å². The highest BCUT2D eigenvalue weighted by Gasteiger charge is 2.31. The first kappa shape index (κ1) is 7.49. The lowest BCUT2D eigenvalue weighted by atomic mass is 10.2. The van der Waals surface area contributed by atoms with Crippen molar-refractivity contribution in [3.05, 3.63) is 0 Å². The predicted molar refractivity (Wildman–Crippen MR) is 39.9 cm³/mol. The molecule has 64 valence electrons. The molecule has 0 aromatic carbocycles. The third-order valence-electron chi connectivity index (χ3n) is 2.40. The Labute approximate surface area is 66.1 Å². The molecular formula is C7H14N2O2. The van der Waals surface area contributed by atoms with Gasteiger partial charge in [-0.05, 0) is 13.0 Å². The summed E-state index contributed by atoms with van der Waals surface area (Å²) in [7, 11) is 0. The minimum Gasteiger partial charge on any atom is -0.356 e. The van der Waals surface area contributed by atoms with Crippen molar-refractivity contribution in [2.45, 2.75) is 18.9 Å². The molecule has 2 aliphatic rings. The number of hydrogen-bond donors (Lipinski definition) is 2. The van der Waals surface area contributed by atoms with Crippen molar-refractivity contribution in [3.8, 4) is 0 Å². The van der Waals surface area contributed by atoms with Crippen LogP contribution in [0.4, 0.5) is 0 Å². The summed E-state index contributed by atoms with van der Waals surface area (Å²) < 4.78 is 5.03. The number of ether oxygens (including phenoxy) is 1. The Morgan fingerprint density at radius 2 is 2.45 bits per heavy atom. The highest BCUT2D eigenvalue weighted by atomic mass is 16.6. The molecule has 0 saturated carbocycles. The minimum absolute atomic E-state index is 0.479. The molecule has 0 amide bonds. The van der Waals surface area contributed by atoms with E-state index in [4.69, 9.17) is 4.74 Å². The number of nitrogens with zero attached hydrogens (tertiary/aromatic N) is 1. The normalized spacial score (nSPS) is 40.1. The van der Waals surface area contributed by atoms with Crippen LogP contribution in [0.5, 0.6) is 0 Å². The molecule has 0 bridgehead atoms. The van der Waals surface area contributed by atoms with E-state index in [2.05, 4.69) is 5.32 Å². The van der Waals surface area contributed by atoms with Gasteiger partial charge in [0.2, 0.25) is 6.41 Å². The number of nitrogens with one attached hydrogen (secondary N) is 1. The minimum atomic E-state index is -0.653. The number of rotatable bonds is 1. The SMILES string of the molecule is OC1OCCN1[C@H]1CCNC1. The van der Waals surface area contributed by atoms with Crippen molar-refractivity contribution < 1.29 is 9.84 Å². The first-order valence-electron chi connectivity index (χ1n) is 4.14. The maximum atomic E-state index is 9.33. The topological polar surface area (TPSA) is 44.7 Å². The summed E-state index contributed by atoms with van der Waals surface area (Å²) in [6.07, 6.45) is 0.473. The molecule has 0 spiro atoms. The van der Waals surface area contributed by atoms with Gasteiger partial charge in [0.15, 0.2) is 0 Å². The molecule has 0 aliphatic carbocycles. The van der Waals surface area contributed by atoms with E-state index >= 15 is 0 Å². The van der Waals surface area contributed by atoms with Gasteiger partial charge in [0.25, 0.3) is 0 Å². The van der Waals surface area contributed by atoms with Crippen molar-refractivity contribution in [1.82, 2.24) is 10.2 Å². The zero-order chi connectivity index (χ0) is 7.68. The fraction of sp³-hybridized carbons (Fsp3) is 1.00. The summed E-state index contributed by atoms with van der Waals surface area (Å²) in [6.45, 7) is 3.58. The van der Waals surface area contributed by atoms with Crippen LogP contribution in [0.1, 0.15) is 6.42 Å². The molecule has 4 heteroatoms. The molecule has 4 nitrogen and oxygen atoms in total. The van der Waals surface area contributed by atoms with Crippen molar-refractivity contribution in [3.63, 3.8) is 0 Å². The predicted octanol–water partition coefficient (Wildman–Crippen LogP) is -1.04. The van der Waals surface area contributed by atoms with Gasteiger partial charge in [-0.15, -0.1) is 0 Å². The quantitative estimate of drug-likeness (QED) is 0.511. The van der Waals surface area contributed by atoms with Crippen LogP contribution < -0.4 is 5.32 Å². The van der Waals surface area contributed by atoms with E-state index in [0.717, 1.165) is 26.1 Å². The molecule has 0 aromatic rings. The van der Waals surface area contributed by atoms with Gasteiger partial charge in [-0.1, -0.05) is 0 Å². The molecule has 2 rings (SSSR count). The van der Waals surface area contributed by atoms with E-state index in [-0.39, 0.29) is 0 Å². The summed E-state index contributed by atoms with van der Waals surface area (Å²) in [5, 5.41) is 12.6. The highest BCUT2D eigenvalue weighted by Crippen LogP contribution is 2.15. The van der Waals surface area contributed by atoms with Gasteiger partial charge >= 0.3 is 0 Å². The summed E-state index contributed by atoms with van der Waals surface area (Å²) in [5.74, 6) is 0. The molecule has 2 aliphatic heterocycles. The second-order valence-electron chi connectivity index (χ2n) is 3.08. The van der Waals surface area contributed by atoms with E-state index < -0.39 is 6.41 Å². The molecule has 2 heterocycles. The van der Waals surface area contributed by atoms with Crippen LogP contribution in [0.3, 0.4) is 0 Å². The van der Waals surface area contributed by atoms with Gasteiger partial charge in [0.05, 0.1) is 6.61 Å². The second kappa shape index (κ2) is 3.06. The Kier molecular flexibility index (Phi) is 2.09. The third kappa shape index (κ3) is 1.39. The lowest BCUT2D eigenvalue weighted by Crippen LogP contribution is -2.40. The lowest BCUT2D eigenvalue weighted by molar-refractivity contribution is -0.143. The van der Waals surface area contributed by atoms with Gasteiger partial charge < -0.3 is 15.2 Å². The van der Waals surface area contributed by atoms with Gasteiger partial charge in [-0.2, -0.15) is 0 Å². The number of hydrogen-bond acceptors (Lipinski definition) is 4. The van der Waals surface area contributed by atoms with Crippen LogP contribution in [0.25, 0.3) is 0 Å². The van der Waals surface area contributed by atoms with Crippen molar-refractivity contribution >= 4 is 0 Å². The molecule has 11 heavy (non-hydrogen) atoms. The molecular weight excluding hydrogens is 144 g/mol. The summed E-state index contributed by atoms with van der Waals surface area (Å²) in [4.78, 5) is 2.01. The molecule has 0 radical (unpaired) electrons. The van der Waals surface area contributed by atoms with Crippen LogP contribution >= 0.6 is 0 Å². The Hall–Kier alpha value is -0.160. The van der Waals surface area contributed by atoms with Gasteiger partial charge in [0, 0.05) is 19.1 Å². The van der Waals surface area contributed by atoms with Crippen molar-refractivity contribution in [1.29, 1.82) is 0 Å². The van der Waals surface area contributed by atoms with Crippen LogP contribution in [-0.4, -0.2) is 48.7 Å². The largest absolute Gasteiger partial charge is 0.356 e. The van der Waals surface area contributed by atoms with E-state index in [1.165, 1.54) is 0 Å². The lowest BCUT2D eigenvalue weighted by Gasteiger charge is -2.24. The first-order valence-corrected chi connectivity index (χ1v) is 4.14. The van der Waals surface area contributed by atoms with E-state index in [1.807, 2.05) is 4.90 Å². The van der Waals surface area contributed by atoms with Gasteiger partial charge in [0.1, 0.15) is 0 Å². The Bertz CT molecular complexity index is 136. The zero-order valence-electron chi connectivity index (χ0n) is 6.49. The van der Waals surface area contributed by atoms with Crippen molar-refractivity contribution in [2.24, 2.45) is 0 Å². The Morgan fingerprint density at radius 1 is 1.55 bits per heavy atom. The maximum absolute atomic E-state index is 9.33. The molecule has 0 aromatic heterocycles.